The molecule has 0 heterocycles. The molecule has 0 saturated carbocycles. The number of nitrogens with two attached hydrogens (primary N) is 1. The van der Waals surface area contributed by atoms with Crippen molar-refractivity contribution in [3.05, 3.63) is 34.9 Å². The Bertz CT molecular complexity index is 327. The second kappa shape index (κ2) is 10.9. The molecule has 0 spiro atoms. The zero-order valence-electron chi connectivity index (χ0n) is 13.6. The molecule has 0 aromatic heterocycles. The van der Waals surface area contributed by atoms with Crippen LogP contribution in [0.3, 0.4) is 0 Å². The van der Waals surface area contributed by atoms with E-state index in [-0.39, 0.29) is 0 Å². The predicted molar refractivity (Wildman–Crippen MR) is 90.0 cm³/mol. The number of hydrogen-bond donors (Lipinski definition) is 1. The maximum atomic E-state index is 5.84. The largest absolute Gasteiger partial charge is 0.326 e. The number of aryl methyl sites for hydroxylation is 2. The van der Waals surface area contributed by atoms with E-state index < -0.39 is 0 Å². The third-order valence-corrected chi connectivity index (χ3v) is 3.99. The molecule has 0 atom stereocenters. The molecule has 0 saturated heterocycles. The molecule has 0 aliphatic rings. The molecule has 0 aliphatic carbocycles. The van der Waals surface area contributed by atoms with Crippen molar-refractivity contribution in [1.82, 2.24) is 0 Å². The first kappa shape index (κ1) is 17.2. The van der Waals surface area contributed by atoms with Crippen molar-refractivity contribution in [3.63, 3.8) is 0 Å². The van der Waals surface area contributed by atoms with Gasteiger partial charge < -0.3 is 5.73 Å². The molecule has 1 aromatic rings. The SMILES string of the molecule is CCCCCCc1cc(CN)cc(CCCCCC)c1. The van der Waals surface area contributed by atoms with E-state index in [2.05, 4.69) is 32.0 Å². The van der Waals surface area contributed by atoms with Crippen molar-refractivity contribution in [2.24, 2.45) is 5.73 Å². The van der Waals surface area contributed by atoms with E-state index in [1.165, 1.54) is 80.9 Å². The van der Waals surface area contributed by atoms with Crippen molar-refractivity contribution in [3.8, 4) is 0 Å². The molecule has 1 nitrogen and oxygen atoms in total. The second-order valence-electron chi connectivity index (χ2n) is 5.98. The standard InChI is InChI=1S/C19H33N/c1-3-5-7-9-11-17-13-18(12-10-8-6-4-2)15-19(14-17)16-20/h13-15H,3-12,16,20H2,1-2H3. The van der Waals surface area contributed by atoms with Crippen LogP contribution in [-0.4, -0.2) is 0 Å². The van der Waals surface area contributed by atoms with Gasteiger partial charge in [-0.2, -0.15) is 0 Å². The fourth-order valence-corrected chi connectivity index (χ4v) is 2.76. The van der Waals surface area contributed by atoms with Gasteiger partial charge in [-0.3, -0.25) is 0 Å². The van der Waals surface area contributed by atoms with Gasteiger partial charge in [-0.05, 0) is 42.4 Å². The predicted octanol–water partition coefficient (Wildman–Crippen LogP) is 5.39. The van der Waals surface area contributed by atoms with Crippen LogP contribution >= 0.6 is 0 Å². The topological polar surface area (TPSA) is 26.0 Å². The van der Waals surface area contributed by atoms with Gasteiger partial charge in [-0.15, -0.1) is 0 Å². The Kier molecular flexibility index (Phi) is 9.40. The second-order valence-corrected chi connectivity index (χ2v) is 5.98. The van der Waals surface area contributed by atoms with E-state index in [1.807, 2.05) is 0 Å². The van der Waals surface area contributed by atoms with Crippen LogP contribution in [0.25, 0.3) is 0 Å². The summed E-state index contributed by atoms with van der Waals surface area (Å²) in [7, 11) is 0. The van der Waals surface area contributed by atoms with Gasteiger partial charge >= 0.3 is 0 Å². The third kappa shape index (κ3) is 7.09. The smallest absolute Gasteiger partial charge is 0.0178 e. The van der Waals surface area contributed by atoms with Crippen LogP contribution in [-0.2, 0) is 19.4 Å². The Hall–Kier alpha value is -0.820. The lowest BCUT2D eigenvalue weighted by molar-refractivity contribution is 0.660. The van der Waals surface area contributed by atoms with E-state index in [1.54, 1.807) is 0 Å². The molecule has 1 rings (SSSR count). The summed E-state index contributed by atoms with van der Waals surface area (Å²) in [5, 5.41) is 0. The van der Waals surface area contributed by atoms with Crippen LogP contribution in [0.5, 0.6) is 0 Å². The van der Waals surface area contributed by atoms with E-state index in [0.29, 0.717) is 6.54 Å². The maximum Gasteiger partial charge on any atom is 0.0178 e. The number of benzene rings is 1. The van der Waals surface area contributed by atoms with Crippen molar-refractivity contribution < 1.29 is 0 Å². The van der Waals surface area contributed by atoms with Gasteiger partial charge in [0, 0.05) is 6.54 Å². The lowest BCUT2D eigenvalue weighted by atomic mass is 9.97. The van der Waals surface area contributed by atoms with Gasteiger partial charge in [0.1, 0.15) is 0 Å². The summed E-state index contributed by atoms with van der Waals surface area (Å²) in [6, 6.07) is 7.03. The summed E-state index contributed by atoms with van der Waals surface area (Å²) in [5.74, 6) is 0. The van der Waals surface area contributed by atoms with Gasteiger partial charge in [-0.25, -0.2) is 0 Å². The Morgan fingerprint density at radius 3 is 1.50 bits per heavy atom. The quantitative estimate of drug-likeness (QED) is 0.538. The minimum Gasteiger partial charge on any atom is -0.326 e. The molecule has 0 unspecified atom stereocenters. The van der Waals surface area contributed by atoms with Gasteiger partial charge in [0.05, 0.1) is 0 Å². The maximum absolute atomic E-state index is 5.84. The lowest BCUT2D eigenvalue weighted by Gasteiger charge is -2.09. The Morgan fingerprint density at radius 2 is 1.10 bits per heavy atom. The van der Waals surface area contributed by atoms with Gasteiger partial charge in [-0.1, -0.05) is 70.6 Å². The number of unbranched alkanes of at least 4 members (excludes halogenated alkanes) is 6. The summed E-state index contributed by atoms with van der Waals surface area (Å²) in [6.45, 7) is 5.21. The molecule has 20 heavy (non-hydrogen) atoms. The molecular formula is C19H33N. The molecule has 0 bridgehead atoms. The molecule has 2 N–H and O–H groups in total. The monoisotopic (exact) mass is 275 g/mol. The van der Waals surface area contributed by atoms with Crippen molar-refractivity contribution >= 4 is 0 Å². The summed E-state index contributed by atoms with van der Waals surface area (Å²) in [4.78, 5) is 0. The van der Waals surface area contributed by atoms with E-state index in [0.717, 1.165) is 0 Å². The fraction of sp³-hybridized carbons (Fsp3) is 0.684. The van der Waals surface area contributed by atoms with Crippen LogP contribution in [0.2, 0.25) is 0 Å². The van der Waals surface area contributed by atoms with Crippen LogP contribution in [0, 0.1) is 0 Å². The molecular weight excluding hydrogens is 242 g/mol. The van der Waals surface area contributed by atoms with Crippen molar-refractivity contribution in [2.75, 3.05) is 0 Å². The summed E-state index contributed by atoms with van der Waals surface area (Å²) in [6.07, 6.45) is 13.1. The van der Waals surface area contributed by atoms with Crippen molar-refractivity contribution in [1.29, 1.82) is 0 Å². The van der Waals surface area contributed by atoms with Gasteiger partial charge in [0.2, 0.25) is 0 Å². The summed E-state index contributed by atoms with van der Waals surface area (Å²) >= 11 is 0. The molecule has 0 fully saturated rings. The summed E-state index contributed by atoms with van der Waals surface area (Å²) in [5.41, 5.74) is 10.1. The first-order valence-electron chi connectivity index (χ1n) is 8.62. The Balaban J connectivity index is 2.51. The van der Waals surface area contributed by atoms with Crippen molar-refractivity contribution in [2.45, 2.75) is 84.6 Å². The van der Waals surface area contributed by atoms with Crippen LogP contribution < -0.4 is 5.73 Å². The molecule has 114 valence electrons. The molecule has 0 radical (unpaired) electrons. The normalized spacial score (nSPS) is 10.9. The zero-order chi connectivity index (χ0) is 14.6. The van der Waals surface area contributed by atoms with E-state index >= 15 is 0 Å². The first-order valence-corrected chi connectivity index (χ1v) is 8.62. The minimum absolute atomic E-state index is 0.671. The fourth-order valence-electron chi connectivity index (χ4n) is 2.76. The molecule has 1 heteroatoms. The highest BCUT2D eigenvalue weighted by molar-refractivity contribution is 5.30. The Labute approximate surface area is 126 Å². The zero-order valence-corrected chi connectivity index (χ0v) is 13.6. The van der Waals surface area contributed by atoms with Gasteiger partial charge in [0.25, 0.3) is 0 Å². The highest BCUT2D eigenvalue weighted by Crippen LogP contribution is 2.16. The van der Waals surface area contributed by atoms with Crippen LogP contribution in [0.15, 0.2) is 18.2 Å². The Morgan fingerprint density at radius 1 is 0.650 bits per heavy atom. The first-order chi connectivity index (χ1) is 9.80. The molecule has 0 amide bonds. The van der Waals surface area contributed by atoms with E-state index in [9.17, 15) is 0 Å². The minimum atomic E-state index is 0.671. The highest BCUT2D eigenvalue weighted by Gasteiger charge is 2.01. The molecule has 1 aromatic carbocycles. The summed E-state index contributed by atoms with van der Waals surface area (Å²) < 4.78 is 0. The average molecular weight is 275 g/mol. The number of rotatable bonds is 11. The molecule has 0 aliphatic heterocycles. The average Bonchev–Trinajstić information content (AvgIpc) is 2.48. The van der Waals surface area contributed by atoms with Crippen LogP contribution in [0.1, 0.15) is 81.9 Å². The number of hydrogen-bond acceptors (Lipinski definition) is 1. The van der Waals surface area contributed by atoms with E-state index in [4.69, 9.17) is 5.73 Å². The van der Waals surface area contributed by atoms with Crippen LogP contribution in [0.4, 0.5) is 0 Å². The van der Waals surface area contributed by atoms with Gasteiger partial charge in [0.15, 0.2) is 0 Å². The highest BCUT2D eigenvalue weighted by atomic mass is 14.5. The lowest BCUT2D eigenvalue weighted by Crippen LogP contribution is -2.00. The third-order valence-electron chi connectivity index (χ3n) is 3.99.